The molecule has 0 radical (unpaired) electrons. The Bertz CT molecular complexity index is 1390. The molecule has 0 unspecified atom stereocenters. The Morgan fingerprint density at radius 2 is 1.85 bits per heavy atom. The minimum absolute atomic E-state index is 0.0512. The van der Waals surface area contributed by atoms with Gasteiger partial charge in [-0.15, -0.1) is 0 Å². The van der Waals surface area contributed by atoms with E-state index in [1.54, 1.807) is 36.4 Å². The van der Waals surface area contributed by atoms with Gasteiger partial charge in [0.25, 0.3) is 5.89 Å². The summed E-state index contributed by atoms with van der Waals surface area (Å²) in [6.07, 6.45) is -4.74. The minimum Gasteiger partial charge on any atom is -0.388 e. The van der Waals surface area contributed by atoms with Crippen molar-refractivity contribution >= 4 is 0 Å². The summed E-state index contributed by atoms with van der Waals surface area (Å²) in [4.78, 5) is 6.87. The summed E-state index contributed by atoms with van der Waals surface area (Å²) in [6, 6.07) is 12.3. The van der Waals surface area contributed by atoms with Crippen LogP contribution in [0.5, 0.6) is 0 Å². The number of halogens is 3. The fourth-order valence-electron chi connectivity index (χ4n) is 4.03. The van der Waals surface area contributed by atoms with Gasteiger partial charge in [0, 0.05) is 16.0 Å². The predicted octanol–water partition coefficient (Wildman–Crippen LogP) is 5.74. The number of aryl methyl sites for hydroxylation is 1. The van der Waals surface area contributed by atoms with Gasteiger partial charge < -0.3 is 14.2 Å². The summed E-state index contributed by atoms with van der Waals surface area (Å²) in [5.41, 5.74) is 9.29. The van der Waals surface area contributed by atoms with E-state index in [1.807, 2.05) is 0 Å². The van der Waals surface area contributed by atoms with Gasteiger partial charge in [0.1, 0.15) is 11.3 Å². The largest absolute Gasteiger partial charge is 0.422 e. The smallest absolute Gasteiger partial charge is 0.388 e. The van der Waals surface area contributed by atoms with E-state index in [0.717, 1.165) is 5.56 Å². The normalized spacial score (nSPS) is 17.8. The van der Waals surface area contributed by atoms with Gasteiger partial charge >= 0.3 is 6.18 Å². The van der Waals surface area contributed by atoms with Gasteiger partial charge in [-0.3, -0.25) is 0 Å². The van der Waals surface area contributed by atoms with Crippen molar-refractivity contribution in [3.63, 3.8) is 0 Å². The molecule has 0 spiro atoms. The molecule has 4 aromatic rings. The van der Waals surface area contributed by atoms with E-state index in [1.165, 1.54) is 12.1 Å². The molecular weight excluding hydrogens is 453 g/mol. The number of aliphatic hydroxyl groups is 1. The maximum absolute atomic E-state index is 13.9. The number of hydrogen-bond donors (Lipinski definition) is 1. The molecule has 2 aromatic carbocycles. The minimum atomic E-state index is -4.78. The van der Waals surface area contributed by atoms with Crippen molar-refractivity contribution in [1.82, 2.24) is 15.3 Å². The number of rotatable bonds is 4. The number of benzene rings is 2. The Kier molecular flexibility index (Phi) is 5.31. The second kappa shape index (κ2) is 8.32. The molecule has 0 amide bonds. The van der Waals surface area contributed by atoms with Crippen LogP contribution in [0.25, 0.3) is 44.7 Å². The number of alkyl halides is 3. The first-order valence-corrected chi connectivity index (χ1v) is 10.2. The van der Waals surface area contributed by atoms with Crippen LogP contribution < -0.4 is 0 Å². The van der Waals surface area contributed by atoms with Crippen LogP contribution in [-0.2, 0) is 12.6 Å². The van der Waals surface area contributed by atoms with Crippen molar-refractivity contribution in [3.05, 3.63) is 75.7 Å². The Morgan fingerprint density at radius 3 is 2.59 bits per heavy atom. The van der Waals surface area contributed by atoms with Gasteiger partial charge in [-0.05, 0) is 35.6 Å². The first kappa shape index (κ1) is 21.7. The van der Waals surface area contributed by atoms with Crippen LogP contribution in [0.3, 0.4) is 0 Å². The Labute approximate surface area is 189 Å². The lowest BCUT2D eigenvalue weighted by Crippen LogP contribution is -2.23. The molecule has 2 atom stereocenters. The Hall–Kier alpha value is -4.15. The average Bonchev–Trinajstić information content (AvgIpc) is 3.49. The topological polar surface area (TPSA) is 134 Å². The molecule has 0 fully saturated rings. The standard InChI is InChI=1S/C22H15F3N6O3/c23-22(24,25)16-17(11-4-2-1-3-5-11)29-33-19(16)21-27-20(30-34-21)13-6-8-14-12(10-13)7-9-15(18(14)32)28-31-26/h1-6,8,10,15,18,32H,7,9H2/t15-,18+/m1/s1. The van der Waals surface area contributed by atoms with Gasteiger partial charge in [-0.1, -0.05) is 57.9 Å². The van der Waals surface area contributed by atoms with E-state index >= 15 is 0 Å². The monoisotopic (exact) mass is 468 g/mol. The lowest BCUT2D eigenvalue weighted by atomic mass is 9.85. The molecule has 1 aliphatic rings. The second-order valence-corrected chi connectivity index (χ2v) is 7.69. The Morgan fingerprint density at radius 1 is 1.06 bits per heavy atom. The zero-order valence-corrected chi connectivity index (χ0v) is 17.3. The predicted molar refractivity (Wildman–Crippen MR) is 112 cm³/mol. The van der Waals surface area contributed by atoms with E-state index in [2.05, 4.69) is 25.3 Å². The summed E-state index contributed by atoms with van der Waals surface area (Å²) >= 11 is 0. The molecule has 0 saturated carbocycles. The molecule has 172 valence electrons. The fraction of sp³-hybridized carbons (Fsp3) is 0.227. The third-order valence-electron chi connectivity index (χ3n) is 5.64. The third-order valence-corrected chi connectivity index (χ3v) is 5.64. The summed E-state index contributed by atoms with van der Waals surface area (Å²) in [5.74, 6) is -1.08. The van der Waals surface area contributed by atoms with E-state index in [4.69, 9.17) is 14.6 Å². The third kappa shape index (κ3) is 3.78. The van der Waals surface area contributed by atoms with Gasteiger partial charge in [-0.25, -0.2) is 0 Å². The van der Waals surface area contributed by atoms with Crippen molar-refractivity contribution in [2.24, 2.45) is 5.11 Å². The second-order valence-electron chi connectivity index (χ2n) is 7.69. The number of fused-ring (bicyclic) bond motifs is 1. The molecule has 0 saturated heterocycles. The maximum Gasteiger partial charge on any atom is 0.422 e. The van der Waals surface area contributed by atoms with Crippen molar-refractivity contribution in [2.75, 3.05) is 0 Å². The van der Waals surface area contributed by atoms with Gasteiger partial charge in [-0.2, -0.15) is 18.2 Å². The highest BCUT2D eigenvalue weighted by atomic mass is 19.4. The number of hydrogen-bond acceptors (Lipinski definition) is 7. The summed E-state index contributed by atoms with van der Waals surface area (Å²) in [6.45, 7) is 0. The van der Waals surface area contributed by atoms with Crippen LogP contribution in [0.15, 0.2) is 62.7 Å². The lowest BCUT2D eigenvalue weighted by Gasteiger charge is -2.27. The van der Waals surface area contributed by atoms with E-state index in [-0.39, 0.29) is 17.1 Å². The van der Waals surface area contributed by atoms with Gasteiger partial charge in [0.05, 0.1) is 12.1 Å². The highest BCUT2D eigenvalue weighted by Gasteiger charge is 2.43. The molecule has 9 nitrogen and oxygen atoms in total. The van der Waals surface area contributed by atoms with Crippen LogP contribution in [-0.4, -0.2) is 26.4 Å². The molecule has 0 bridgehead atoms. The summed E-state index contributed by atoms with van der Waals surface area (Å²) in [5, 5.41) is 21.5. The number of azide groups is 1. The summed E-state index contributed by atoms with van der Waals surface area (Å²) in [7, 11) is 0. The van der Waals surface area contributed by atoms with Crippen molar-refractivity contribution < 1.29 is 27.3 Å². The van der Waals surface area contributed by atoms with Crippen LogP contribution in [0.4, 0.5) is 13.2 Å². The van der Waals surface area contributed by atoms with Crippen LogP contribution in [0.1, 0.15) is 29.2 Å². The van der Waals surface area contributed by atoms with Crippen molar-refractivity contribution in [2.45, 2.75) is 31.2 Å². The number of aromatic nitrogens is 3. The molecule has 0 aliphatic heterocycles. The number of aliphatic hydroxyl groups excluding tert-OH is 1. The molecule has 1 aliphatic carbocycles. The SMILES string of the molecule is [N-]=[N+]=N[C@@H]1CCc2cc(-c3noc(-c4onc(-c5ccccc5)c4C(F)(F)F)n3)ccc2[C@@H]1O. The molecule has 12 heteroatoms. The molecular formula is C22H15F3N6O3. The quantitative estimate of drug-likeness (QED) is 0.231. The zero-order valence-electron chi connectivity index (χ0n) is 17.3. The molecule has 1 N–H and O–H groups in total. The van der Waals surface area contributed by atoms with Crippen molar-refractivity contribution in [1.29, 1.82) is 0 Å². The maximum atomic E-state index is 13.9. The zero-order chi connectivity index (χ0) is 23.9. The highest BCUT2D eigenvalue weighted by molar-refractivity contribution is 5.71. The number of nitrogens with zero attached hydrogens (tertiary/aromatic N) is 6. The average molecular weight is 468 g/mol. The molecule has 2 aromatic heterocycles. The lowest BCUT2D eigenvalue weighted by molar-refractivity contribution is -0.136. The van der Waals surface area contributed by atoms with Crippen LogP contribution in [0, 0.1) is 0 Å². The Balaban J connectivity index is 1.51. The van der Waals surface area contributed by atoms with Gasteiger partial charge in [0.15, 0.2) is 0 Å². The first-order chi connectivity index (χ1) is 16.4. The van der Waals surface area contributed by atoms with E-state index in [0.29, 0.717) is 24.0 Å². The van der Waals surface area contributed by atoms with Crippen LogP contribution in [0.2, 0.25) is 0 Å². The highest BCUT2D eigenvalue weighted by Crippen LogP contribution is 2.43. The fourth-order valence-corrected chi connectivity index (χ4v) is 4.03. The van der Waals surface area contributed by atoms with Gasteiger partial charge in [0.2, 0.25) is 11.6 Å². The van der Waals surface area contributed by atoms with Crippen LogP contribution >= 0.6 is 0 Å². The van der Waals surface area contributed by atoms with E-state index in [9.17, 15) is 18.3 Å². The molecule has 5 rings (SSSR count). The molecule has 34 heavy (non-hydrogen) atoms. The van der Waals surface area contributed by atoms with Crippen molar-refractivity contribution in [3.8, 4) is 34.3 Å². The first-order valence-electron chi connectivity index (χ1n) is 10.2. The molecule has 2 heterocycles. The van der Waals surface area contributed by atoms with E-state index < -0.39 is 35.5 Å². The summed E-state index contributed by atoms with van der Waals surface area (Å²) < 4.78 is 51.9.